The fourth-order valence-electron chi connectivity index (χ4n) is 3.35. The first-order valence-electron chi connectivity index (χ1n) is 11.0. The lowest BCUT2D eigenvalue weighted by atomic mass is 10.2. The molecule has 0 saturated heterocycles. The number of amides is 2. The Labute approximate surface area is 207 Å². The van der Waals surface area contributed by atoms with Gasteiger partial charge in [0.2, 0.25) is 5.91 Å². The largest absolute Gasteiger partial charge is 0.497 e. The van der Waals surface area contributed by atoms with E-state index in [1.165, 1.54) is 16.2 Å². The third kappa shape index (κ3) is 6.87. The summed E-state index contributed by atoms with van der Waals surface area (Å²) in [6, 6.07) is 20.7. The molecule has 0 fully saturated rings. The Morgan fingerprint density at radius 2 is 1.80 bits per heavy atom. The third-order valence-electron chi connectivity index (χ3n) is 5.12. The van der Waals surface area contributed by atoms with E-state index in [9.17, 15) is 9.59 Å². The molecular formula is C26H25N5O3S. The predicted octanol–water partition coefficient (Wildman–Crippen LogP) is 4.25. The van der Waals surface area contributed by atoms with Crippen LogP contribution in [-0.2, 0) is 17.9 Å². The molecule has 0 unspecified atom stereocenters. The van der Waals surface area contributed by atoms with Crippen LogP contribution >= 0.6 is 11.3 Å². The van der Waals surface area contributed by atoms with Crippen LogP contribution in [0.5, 0.6) is 5.75 Å². The van der Waals surface area contributed by atoms with E-state index >= 15 is 0 Å². The number of hydrogen-bond acceptors (Lipinski definition) is 7. The summed E-state index contributed by atoms with van der Waals surface area (Å²) in [4.78, 5) is 36.0. The summed E-state index contributed by atoms with van der Waals surface area (Å²) in [5, 5.41) is 8.33. The van der Waals surface area contributed by atoms with Crippen LogP contribution in [0.2, 0.25) is 0 Å². The van der Waals surface area contributed by atoms with Crippen molar-refractivity contribution in [2.45, 2.75) is 13.1 Å². The van der Waals surface area contributed by atoms with Crippen molar-refractivity contribution >= 4 is 34.0 Å². The normalized spacial score (nSPS) is 10.4. The first kappa shape index (κ1) is 23.9. The minimum absolute atomic E-state index is 0.0883. The molecule has 2 N–H and O–H groups in total. The van der Waals surface area contributed by atoms with Gasteiger partial charge in [0, 0.05) is 42.6 Å². The molecule has 0 saturated carbocycles. The van der Waals surface area contributed by atoms with Crippen molar-refractivity contribution in [2.24, 2.45) is 0 Å². The van der Waals surface area contributed by atoms with Gasteiger partial charge in [-0.2, -0.15) is 0 Å². The van der Waals surface area contributed by atoms with Crippen molar-refractivity contribution in [1.29, 1.82) is 0 Å². The number of carbonyl (C=O) groups is 2. The van der Waals surface area contributed by atoms with Crippen LogP contribution in [0.4, 0.5) is 10.8 Å². The minimum Gasteiger partial charge on any atom is -0.497 e. The minimum atomic E-state index is -0.317. The van der Waals surface area contributed by atoms with Crippen molar-refractivity contribution < 1.29 is 14.3 Å². The number of nitrogens with one attached hydrogen (secondary N) is 2. The van der Waals surface area contributed by atoms with Crippen LogP contribution in [0.3, 0.4) is 0 Å². The molecule has 0 aliphatic carbocycles. The molecule has 2 aromatic heterocycles. The summed E-state index contributed by atoms with van der Waals surface area (Å²) < 4.78 is 5.25. The van der Waals surface area contributed by atoms with Crippen molar-refractivity contribution in [3.8, 4) is 5.75 Å². The number of aromatic nitrogens is 2. The molecular weight excluding hydrogens is 462 g/mol. The second-order valence-corrected chi connectivity index (χ2v) is 8.53. The highest BCUT2D eigenvalue weighted by Crippen LogP contribution is 2.24. The fourth-order valence-corrected chi connectivity index (χ4v) is 4.05. The third-order valence-corrected chi connectivity index (χ3v) is 5.88. The number of ether oxygens (including phenoxy) is 1. The fraction of sp³-hybridized carbons (Fsp3) is 0.154. The highest BCUT2D eigenvalue weighted by atomic mass is 32.1. The molecule has 35 heavy (non-hydrogen) atoms. The maximum atomic E-state index is 13.4. The van der Waals surface area contributed by atoms with Gasteiger partial charge < -0.3 is 20.3 Å². The van der Waals surface area contributed by atoms with E-state index < -0.39 is 0 Å². The zero-order valence-corrected chi connectivity index (χ0v) is 20.0. The van der Waals surface area contributed by atoms with Gasteiger partial charge in [0.1, 0.15) is 18.0 Å². The van der Waals surface area contributed by atoms with Gasteiger partial charge in [0.05, 0.1) is 7.11 Å². The molecule has 178 valence electrons. The Morgan fingerprint density at radius 3 is 2.57 bits per heavy atom. The highest BCUT2D eigenvalue weighted by molar-refractivity contribution is 7.14. The molecule has 0 bridgehead atoms. The van der Waals surface area contributed by atoms with E-state index in [1.807, 2.05) is 66.7 Å². The maximum absolute atomic E-state index is 13.4. The molecule has 4 rings (SSSR count). The Bertz CT molecular complexity index is 1260. The highest BCUT2D eigenvalue weighted by Gasteiger charge is 2.22. The van der Waals surface area contributed by atoms with Crippen molar-refractivity contribution in [2.75, 3.05) is 19.0 Å². The SMILES string of the molecule is COc1cccc(Nc2nc(C(=O)N(CC(=O)NCc3ccncc3)Cc3ccccc3)cs2)c1. The summed E-state index contributed by atoms with van der Waals surface area (Å²) in [6.45, 7) is 0.563. The Balaban J connectivity index is 1.46. The predicted molar refractivity (Wildman–Crippen MR) is 136 cm³/mol. The van der Waals surface area contributed by atoms with E-state index in [-0.39, 0.29) is 24.1 Å². The zero-order valence-electron chi connectivity index (χ0n) is 19.2. The average molecular weight is 488 g/mol. The van der Waals surface area contributed by atoms with Gasteiger partial charge in [-0.05, 0) is 35.4 Å². The molecule has 2 amide bonds. The number of hydrogen-bond donors (Lipinski definition) is 2. The van der Waals surface area contributed by atoms with Crippen LogP contribution in [0.25, 0.3) is 0 Å². The summed E-state index contributed by atoms with van der Waals surface area (Å²) in [6.07, 6.45) is 3.35. The lowest BCUT2D eigenvalue weighted by molar-refractivity contribution is -0.122. The molecule has 0 atom stereocenters. The maximum Gasteiger partial charge on any atom is 0.274 e. The Hall–Kier alpha value is -4.24. The Kier molecular flexibility index (Phi) is 8.03. The van der Waals surface area contributed by atoms with Gasteiger partial charge in [-0.1, -0.05) is 36.4 Å². The number of pyridine rings is 1. The number of benzene rings is 2. The number of carbonyl (C=O) groups excluding carboxylic acids is 2. The second kappa shape index (κ2) is 11.8. The van der Waals surface area contributed by atoms with Crippen LogP contribution in [0.1, 0.15) is 21.6 Å². The lowest BCUT2D eigenvalue weighted by Gasteiger charge is -2.21. The quantitative estimate of drug-likeness (QED) is 0.347. The van der Waals surface area contributed by atoms with Gasteiger partial charge in [-0.15, -0.1) is 11.3 Å². The molecule has 0 aliphatic heterocycles. The summed E-state index contributed by atoms with van der Waals surface area (Å²) >= 11 is 1.32. The van der Waals surface area contributed by atoms with E-state index in [0.29, 0.717) is 18.2 Å². The van der Waals surface area contributed by atoms with E-state index in [4.69, 9.17) is 4.74 Å². The number of thiazole rings is 1. The van der Waals surface area contributed by atoms with Crippen molar-refractivity contribution in [1.82, 2.24) is 20.2 Å². The topological polar surface area (TPSA) is 96.5 Å². The number of anilines is 2. The molecule has 2 heterocycles. The first-order chi connectivity index (χ1) is 17.1. The Morgan fingerprint density at radius 1 is 1.00 bits per heavy atom. The van der Waals surface area contributed by atoms with Gasteiger partial charge >= 0.3 is 0 Å². The standard InChI is InChI=1S/C26H25N5O3S/c1-34-22-9-5-8-21(14-22)29-26-30-23(18-35-26)25(33)31(16-20-6-3-2-4-7-20)17-24(32)28-15-19-10-12-27-13-11-19/h2-14,18H,15-17H2,1H3,(H,28,32)(H,29,30). The molecule has 9 heteroatoms. The number of rotatable bonds is 10. The van der Waals surface area contributed by atoms with Crippen LogP contribution < -0.4 is 15.4 Å². The van der Waals surface area contributed by atoms with Crippen LogP contribution in [-0.4, -0.2) is 40.3 Å². The molecule has 8 nitrogen and oxygen atoms in total. The molecule has 0 radical (unpaired) electrons. The van der Waals surface area contributed by atoms with Gasteiger partial charge in [-0.3, -0.25) is 14.6 Å². The second-order valence-electron chi connectivity index (χ2n) is 7.67. The molecule has 2 aromatic carbocycles. The van der Waals surface area contributed by atoms with Gasteiger partial charge in [0.25, 0.3) is 5.91 Å². The van der Waals surface area contributed by atoms with Crippen molar-refractivity contribution in [3.63, 3.8) is 0 Å². The van der Waals surface area contributed by atoms with E-state index in [1.54, 1.807) is 24.9 Å². The summed E-state index contributed by atoms with van der Waals surface area (Å²) in [7, 11) is 1.60. The van der Waals surface area contributed by atoms with Gasteiger partial charge in [0.15, 0.2) is 5.13 Å². The molecule has 4 aromatic rings. The van der Waals surface area contributed by atoms with E-state index in [2.05, 4.69) is 20.6 Å². The summed E-state index contributed by atoms with van der Waals surface area (Å²) in [5.74, 6) is 0.147. The smallest absolute Gasteiger partial charge is 0.274 e. The van der Waals surface area contributed by atoms with Crippen LogP contribution in [0.15, 0.2) is 84.5 Å². The lowest BCUT2D eigenvalue weighted by Crippen LogP contribution is -2.40. The van der Waals surface area contributed by atoms with Crippen LogP contribution in [0, 0.1) is 0 Å². The van der Waals surface area contributed by atoms with Crippen molar-refractivity contribution in [3.05, 3.63) is 101 Å². The van der Waals surface area contributed by atoms with Gasteiger partial charge in [-0.25, -0.2) is 4.98 Å². The first-order valence-corrected chi connectivity index (χ1v) is 11.8. The average Bonchev–Trinajstić information content (AvgIpc) is 3.36. The van der Waals surface area contributed by atoms with E-state index in [0.717, 1.165) is 22.6 Å². The summed E-state index contributed by atoms with van der Waals surface area (Å²) in [5.41, 5.74) is 2.93. The number of methoxy groups -OCH3 is 1. The number of nitrogens with zero attached hydrogens (tertiary/aromatic N) is 3. The monoisotopic (exact) mass is 487 g/mol. The molecule has 0 aliphatic rings. The zero-order chi connectivity index (χ0) is 24.5. The molecule has 0 spiro atoms.